The van der Waals surface area contributed by atoms with Gasteiger partial charge in [-0.2, -0.15) is 18.4 Å². The van der Waals surface area contributed by atoms with Crippen LogP contribution in [0.15, 0.2) is 36.7 Å². The summed E-state index contributed by atoms with van der Waals surface area (Å²) in [5.41, 5.74) is 0.802. The smallest absolute Gasteiger partial charge is 0.339 e. The molecule has 0 unspecified atom stereocenters. The summed E-state index contributed by atoms with van der Waals surface area (Å²) in [5, 5.41) is 11.4. The number of halogens is 3. The molecule has 20 heavy (non-hydrogen) atoms. The van der Waals surface area contributed by atoms with Gasteiger partial charge < -0.3 is 5.32 Å². The minimum absolute atomic E-state index is 0.157. The first-order valence-electron chi connectivity index (χ1n) is 5.61. The van der Waals surface area contributed by atoms with Gasteiger partial charge in [-0.1, -0.05) is 12.1 Å². The van der Waals surface area contributed by atoms with E-state index < -0.39 is 12.6 Å². The summed E-state index contributed by atoms with van der Waals surface area (Å²) in [6.45, 7) is 0. The molecule has 2 rings (SSSR count). The Morgan fingerprint density at radius 3 is 2.60 bits per heavy atom. The van der Waals surface area contributed by atoms with Gasteiger partial charge in [-0.3, -0.25) is 0 Å². The van der Waals surface area contributed by atoms with Crippen molar-refractivity contribution >= 4 is 11.5 Å². The summed E-state index contributed by atoms with van der Waals surface area (Å²) in [6, 6.07) is 7.78. The van der Waals surface area contributed by atoms with Crippen LogP contribution in [0.4, 0.5) is 24.7 Å². The summed E-state index contributed by atoms with van der Waals surface area (Å²) in [6.07, 6.45) is -2.61. The normalized spacial score (nSPS) is 10.9. The number of benzene rings is 1. The average Bonchev–Trinajstić information content (AvgIpc) is 2.38. The molecular weight excluding hydrogens is 269 g/mol. The molecule has 0 aliphatic rings. The second kappa shape index (κ2) is 5.57. The zero-order valence-electron chi connectivity index (χ0n) is 10.1. The van der Waals surface area contributed by atoms with Crippen LogP contribution in [0.3, 0.4) is 0 Å². The number of nitriles is 1. The molecule has 0 aliphatic heterocycles. The Kier molecular flexibility index (Phi) is 3.84. The lowest BCUT2D eigenvalue weighted by Crippen LogP contribution is -2.11. The van der Waals surface area contributed by atoms with Gasteiger partial charge in [0.05, 0.1) is 18.8 Å². The number of nitrogens with one attached hydrogen (secondary N) is 1. The fraction of sp³-hybridized carbons (Fsp3) is 0.154. The Hall–Kier alpha value is -2.62. The van der Waals surface area contributed by atoms with Crippen molar-refractivity contribution in [1.29, 1.82) is 5.26 Å². The largest absolute Gasteiger partial charge is 0.393 e. The standard InChI is InChI=1S/C13H9F3N4/c14-13(15,16)5-9-2-1-3-10(4-9)20-12-8-18-11(6-17)7-19-12/h1-4,7-8H,5H2,(H,19,20). The molecule has 0 atom stereocenters. The highest BCUT2D eigenvalue weighted by molar-refractivity contribution is 5.56. The minimum Gasteiger partial charge on any atom is -0.339 e. The molecule has 0 fully saturated rings. The number of aromatic nitrogens is 2. The van der Waals surface area contributed by atoms with Crippen molar-refractivity contribution < 1.29 is 13.2 Å². The molecule has 1 heterocycles. The van der Waals surface area contributed by atoms with Crippen molar-refractivity contribution in [3.63, 3.8) is 0 Å². The Bertz CT molecular complexity index is 629. The number of rotatable bonds is 3. The summed E-state index contributed by atoms with van der Waals surface area (Å²) >= 11 is 0. The van der Waals surface area contributed by atoms with Crippen molar-refractivity contribution in [2.24, 2.45) is 0 Å². The highest BCUT2D eigenvalue weighted by Crippen LogP contribution is 2.23. The van der Waals surface area contributed by atoms with Crippen LogP contribution in [0, 0.1) is 11.3 Å². The number of alkyl halides is 3. The van der Waals surface area contributed by atoms with Crippen molar-refractivity contribution in [1.82, 2.24) is 9.97 Å². The van der Waals surface area contributed by atoms with E-state index in [0.717, 1.165) is 0 Å². The van der Waals surface area contributed by atoms with Gasteiger partial charge in [-0.15, -0.1) is 0 Å². The number of hydrogen-bond acceptors (Lipinski definition) is 4. The lowest BCUT2D eigenvalue weighted by Gasteiger charge is -2.09. The van der Waals surface area contributed by atoms with Crippen molar-refractivity contribution in [2.45, 2.75) is 12.6 Å². The molecule has 2 aromatic rings. The molecule has 0 bridgehead atoms. The van der Waals surface area contributed by atoms with E-state index in [-0.39, 0.29) is 11.3 Å². The van der Waals surface area contributed by atoms with Crippen molar-refractivity contribution in [3.8, 4) is 6.07 Å². The highest BCUT2D eigenvalue weighted by atomic mass is 19.4. The Morgan fingerprint density at radius 1 is 1.20 bits per heavy atom. The fourth-order valence-electron chi connectivity index (χ4n) is 1.59. The molecular formula is C13H9F3N4. The Morgan fingerprint density at radius 2 is 2.00 bits per heavy atom. The second-order valence-electron chi connectivity index (χ2n) is 4.02. The van der Waals surface area contributed by atoms with Gasteiger partial charge in [0, 0.05) is 5.69 Å². The molecule has 1 N–H and O–H groups in total. The molecule has 0 spiro atoms. The summed E-state index contributed by atoms with van der Waals surface area (Å²) in [5.74, 6) is 0.355. The summed E-state index contributed by atoms with van der Waals surface area (Å²) in [4.78, 5) is 7.74. The molecule has 0 radical (unpaired) electrons. The van der Waals surface area contributed by atoms with Gasteiger partial charge in [-0.05, 0) is 17.7 Å². The first-order valence-corrected chi connectivity index (χ1v) is 5.61. The van der Waals surface area contributed by atoms with E-state index in [1.165, 1.54) is 30.6 Å². The maximum Gasteiger partial charge on any atom is 0.393 e. The third kappa shape index (κ3) is 3.95. The van der Waals surface area contributed by atoms with E-state index in [1.54, 1.807) is 6.07 Å². The van der Waals surface area contributed by atoms with Crippen LogP contribution in [-0.4, -0.2) is 16.1 Å². The van der Waals surface area contributed by atoms with E-state index in [1.807, 2.05) is 6.07 Å². The van der Waals surface area contributed by atoms with Crippen LogP contribution in [0.5, 0.6) is 0 Å². The van der Waals surface area contributed by atoms with Crippen LogP contribution in [-0.2, 0) is 6.42 Å². The predicted octanol–water partition coefficient (Wildman–Crippen LogP) is 3.20. The summed E-state index contributed by atoms with van der Waals surface area (Å²) in [7, 11) is 0. The molecule has 0 aliphatic carbocycles. The quantitative estimate of drug-likeness (QED) is 0.936. The maximum atomic E-state index is 12.3. The molecule has 4 nitrogen and oxygen atoms in total. The molecule has 0 saturated carbocycles. The molecule has 102 valence electrons. The number of hydrogen-bond donors (Lipinski definition) is 1. The number of anilines is 2. The summed E-state index contributed by atoms with van der Waals surface area (Å²) < 4.78 is 36.9. The SMILES string of the molecule is N#Cc1cnc(Nc2cccc(CC(F)(F)F)c2)cn1. The van der Waals surface area contributed by atoms with Crippen LogP contribution < -0.4 is 5.32 Å². The predicted molar refractivity (Wildman–Crippen MR) is 66.2 cm³/mol. The van der Waals surface area contributed by atoms with E-state index in [4.69, 9.17) is 5.26 Å². The van der Waals surface area contributed by atoms with Crippen molar-refractivity contribution in [3.05, 3.63) is 47.9 Å². The van der Waals surface area contributed by atoms with E-state index >= 15 is 0 Å². The van der Waals surface area contributed by atoms with Crippen molar-refractivity contribution in [2.75, 3.05) is 5.32 Å². The molecule has 0 saturated heterocycles. The van der Waals surface area contributed by atoms with Gasteiger partial charge in [-0.25, -0.2) is 9.97 Å². The van der Waals surface area contributed by atoms with Crippen LogP contribution in [0.1, 0.15) is 11.3 Å². The Labute approximate surface area is 112 Å². The first-order chi connectivity index (χ1) is 9.46. The molecule has 1 aromatic carbocycles. The van der Waals surface area contributed by atoms with E-state index in [2.05, 4.69) is 15.3 Å². The topological polar surface area (TPSA) is 61.6 Å². The first kappa shape index (κ1) is 13.8. The van der Waals surface area contributed by atoms with Gasteiger partial charge in [0.25, 0.3) is 0 Å². The fourth-order valence-corrected chi connectivity index (χ4v) is 1.59. The zero-order chi connectivity index (χ0) is 14.6. The second-order valence-corrected chi connectivity index (χ2v) is 4.02. The van der Waals surface area contributed by atoms with Crippen LogP contribution in [0.2, 0.25) is 0 Å². The zero-order valence-corrected chi connectivity index (χ0v) is 10.1. The van der Waals surface area contributed by atoms with Gasteiger partial charge in [0.1, 0.15) is 11.9 Å². The van der Waals surface area contributed by atoms with Crippen LogP contribution in [0.25, 0.3) is 0 Å². The molecule has 1 aromatic heterocycles. The monoisotopic (exact) mass is 278 g/mol. The minimum atomic E-state index is -4.24. The highest BCUT2D eigenvalue weighted by Gasteiger charge is 2.27. The lowest BCUT2D eigenvalue weighted by molar-refractivity contribution is -0.127. The molecule has 0 amide bonds. The third-order valence-electron chi connectivity index (χ3n) is 2.37. The Balaban J connectivity index is 2.13. The van der Waals surface area contributed by atoms with E-state index in [9.17, 15) is 13.2 Å². The van der Waals surface area contributed by atoms with Gasteiger partial charge in [0.15, 0.2) is 5.69 Å². The average molecular weight is 278 g/mol. The maximum absolute atomic E-state index is 12.3. The third-order valence-corrected chi connectivity index (χ3v) is 2.37. The number of nitrogens with zero attached hydrogens (tertiary/aromatic N) is 3. The van der Waals surface area contributed by atoms with E-state index in [0.29, 0.717) is 11.5 Å². The lowest BCUT2D eigenvalue weighted by atomic mass is 10.1. The van der Waals surface area contributed by atoms with Gasteiger partial charge in [0.2, 0.25) is 0 Å². The van der Waals surface area contributed by atoms with Gasteiger partial charge >= 0.3 is 6.18 Å². The molecule has 7 heteroatoms. The van der Waals surface area contributed by atoms with Crippen LogP contribution >= 0.6 is 0 Å².